The Balaban J connectivity index is 1.89. The van der Waals surface area contributed by atoms with Gasteiger partial charge in [0.2, 0.25) is 0 Å². The molecule has 4 aromatic carbocycles. The predicted molar refractivity (Wildman–Crippen MR) is 141 cm³/mol. The molecule has 34 heavy (non-hydrogen) atoms. The number of hydrogen-bond acceptors (Lipinski definition) is 2. The number of methoxy groups -OCH3 is 2. The first kappa shape index (κ1) is 23.2. The first-order chi connectivity index (χ1) is 16.7. The van der Waals surface area contributed by atoms with Crippen LogP contribution in [0.15, 0.2) is 91.0 Å². The second-order valence-corrected chi connectivity index (χ2v) is 8.23. The summed E-state index contributed by atoms with van der Waals surface area (Å²) in [6.07, 6.45) is 3.25. The topological polar surface area (TPSA) is 18.5 Å². The van der Waals surface area contributed by atoms with Gasteiger partial charge in [0.25, 0.3) is 0 Å². The van der Waals surface area contributed by atoms with Gasteiger partial charge in [-0.1, -0.05) is 67.6 Å². The Labute approximate surface area is 203 Å². The molecule has 0 N–H and O–H groups in total. The molecule has 0 spiro atoms. The first-order valence-corrected chi connectivity index (χ1v) is 11.7. The summed E-state index contributed by atoms with van der Waals surface area (Å²) in [5.74, 6) is 8.60. The van der Waals surface area contributed by atoms with E-state index in [1.807, 2.05) is 36.4 Å². The molecule has 0 aliphatic carbocycles. The monoisotopic (exact) mass is 446 g/mol. The molecule has 2 nitrogen and oxygen atoms in total. The highest BCUT2D eigenvalue weighted by atomic mass is 16.5. The van der Waals surface area contributed by atoms with Gasteiger partial charge in [-0.05, 0) is 89.2 Å². The fourth-order valence-electron chi connectivity index (χ4n) is 4.02. The number of unbranched alkanes of at least 4 members (excludes halogenated alkanes) is 1. The molecule has 4 aromatic rings. The Kier molecular flexibility index (Phi) is 7.68. The third-order valence-corrected chi connectivity index (χ3v) is 5.95. The summed E-state index contributed by atoms with van der Waals surface area (Å²) in [7, 11) is 3.37. The third kappa shape index (κ3) is 5.50. The zero-order valence-corrected chi connectivity index (χ0v) is 20.1. The van der Waals surface area contributed by atoms with Crippen LogP contribution < -0.4 is 9.47 Å². The molecule has 0 atom stereocenters. The minimum Gasteiger partial charge on any atom is -0.497 e. The lowest BCUT2D eigenvalue weighted by molar-refractivity contribution is 0.414. The molecular weight excluding hydrogens is 416 g/mol. The van der Waals surface area contributed by atoms with E-state index in [2.05, 4.69) is 73.4 Å². The van der Waals surface area contributed by atoms with E-state index in [0.717, 1.165) is 53.0 Å². The van der Waals surface area contributed by atoms with Gasteiger partial charge in [-0.2, -0.15) is 0 Å². The van der Waals surface area contributed by atoms with Gasteiger partial charge in [-0.3, -0.25) is 0 Å². The third-order valence-electron chi connectivity index (χ3n) is 5.95. The Morgan fingerprint density at radius 3 is 1.91 bits per heavy atom. The van der Waals surface area contributed by atoms with Crippen molar-refractivity contribution in [3.05, 3.63) is 108 Å². The molecule has 0 aliphatic heterocycles. The maximum Gasteiger partial charge on any atom is 0.118 e. The van der Waals surface area contributed by atoms with E-state index in [9.17, 15) is 0 Å². The standard InChI is InChI=1S/C32H30O2/c1-4-5-9-27-22-28(25-10-7-6-8-11-25)23-32(26-15-19-30(34-3)20-16-26)31(27)21-14-24-12-17-29(33-2)18-13-24/h6-8,10-13,15-20,22-23H,4-5,9H2,1-3H3. The molecular formula is C32H30O2. The van der Waals surface area contributed by atoms with E-state index in [4.69, 9.17) is 9.47 Å². The Hall–Kier alpha value is -3.96. The van der Waals surface area contributed by atoms with Crippen LogP contribution in [0.4, 0.5) is 0 Å². The van der Waals surface area contributed by atoms with Crippen LogP contribution in [-0.4, -0.2) is 14.2 Å². The van der Waals surface area contributed by atoms with Gasteiger partial charge >= 0.3 is 0 Å². The lowest BCUT2D eigenvalue weighted by Gasteiger charge is -2.15. The van der Waals surface area contributed by atoms with Crippen molar-refractivity contribution in [2.24, 2.45) is 0 Å². The van der Waals surface area contributed by atoms with Gasteiger partial charge in [0.1, 0.15) is 11.5 Å². The molecule has 0 amide bonds. The number of aryl methyl sites for hydroxylation is 1. The Morgan fingerprint density at radius 2 is 1.29 bits per heavy atom. The summed E-state index contributed by atoms with van der Waals surface area (Å²) in [5, 5.41) is 0. The summed E-state index contributed by atoms with van der Waals surface area (Å²) in [5.41, 5.74) is 8.06. The van der Waals surface area contributed by atoms with Crippen LogP contribution in [-0.2, 0) is 6.42 Å². The highest BCUT2D eigenvalue weighted by Gasteiger charge is 2.13. The van der Waals surface area contributed by atoms with Crippen molar-refractivity contribution in [1.82, 2.24) is 0 Å². The normalized spacial score (nSPS) is 10.3. The highest BCUT2D eigenvalue weighted by Crippen LogP contribution is 2.34. The minimum atomic E-state index is 0.834. The lowest BCUT2D eigenvalue weighted by atomic mass is 9.88. The van der Waals surface area contributed by atoms with Gasteiger partial charge in [0, 0.05) is 11.1 Å². The van der Waals surface area contributed by atoms with E-state index < -0.39 is 0 Å². The van der Waals surface area contributed by atoms with E-state index in [0.29, 0.717) is 0 Å². The molecule has 0 aliphatic rings. The van der Waals surface area contributed by atoms with Crippen LogP contribution in [0.5, 0.6) is 11.5 Å². The van der Waals surface area contributed by atoms with E-state index in [1.165, 1.54) is 16.7 Å². The maximum absolute atomic E-state index is 5.39. The number of hydrogen-bond donors (Lipinski definition) is 0. The quantitative estimate of drug-likeness (QED) is 0.270. The highest BCUT2D eigenvalue weighted by molar-refractivity contribution is 5.80. The zero-order chi connectivity index (χ0) is 23.8. The molecule has 0 saturated heterocycles. The maximum atomic E-state index is 5.39. The molecule has 0 unspecified atom stereocenters. The molecule has 0 heterocycles. The van der Waals surface area contributed by atoms with E-state index in [-0.39, 0.29) is 0 Å². The van der Waals surface area contributed by atoms with Crippen LogP contribution in [0.3, 0.4) is 0 Å². The van der Waals surface area contributed by atoms with Crippen LogP contribution in [0.25, 0.3) is 22.3 Å². The summed E-state index contributed by atoms with van der Waals surface area (Å²) in [6.45, 7) is 2.23. The van der Waals surface area contributed by atoms with Crippen molar-refractivity contribution in [3.8, 4) is 45.6 Å². The van der Waals surface area contributed by atoms with Gasteiger partial charge < -0.3 is 9.47 Å². The van der Waals surface area contributed by atoms with Crippen LogP contribution in [0, 0.1) is 11.8 Å². The fourth-order valence-corrected chi connectivity index (χ4v) is 4.02. The van der Waals surface area contributed by atoms with E-state index >= 15 is 0 Å². The lowest BCUT2D eigenvalue weighted by Crippen LogP contribution is -1.97. The van der Waals surface area contributed by atoms with Crippen molar-refractivity contribution >= 4 is 0 Å². The van der Waals surface area contributed by atoms with Crippen molar-refractivity contribution in [2.75, 3.05) is 14.2 Å². The first-order valence-electron chi connectivity index (χ1n) is 11.7. The van der Waals surface area contributed by atoms with Crippen molar-refractivity contribution < 1.29 is 9.47 Å². The van der Waals surface area contributed by atoms with Crippen LogP contribution in [0.1, 0.15) is 36.5 Å². The summed E-state index contributed by atoms with van der Waals surface area (Å²) in [4.78, 5) is 0. The van der Waals surface area contributed by atoms with Crippen LogP contribution in [0.2, 0.25) is 0 Å². The molecule has 0 radical (unpaired) electrons. The molecule has 4 rings (SSSR count). The Bertz CT molecular complexity index is 1280. The summed E-state index contributed by atoms with van der Waals surface area (Å²) >= 11 is 0. The van der Waals surface area contributed by atoms with Crippen LogP contribution >= 0.6 is 0 Å². The van der Waals surface area contributed by atoms with Crippen molar-refractivity contribution in [2.45, 2.75) is 26.2 Å². The summed E-state index contributed by atoms with van der Waals surface area (Å²) < 4.78 is 10.7. The molecule has 0 fully saturated rings. The number of rotatable bonds is 7. The van der Waals surface area contributed by atoms with Crippen molar-refractivity contribution in [3.63, 3.8) is 0 Å². The number of ether oxygens (including phenoxy) is 2. The SMILES string of the molecule is CCCCc1cc(-c2ccccc2)cc(-c2ccc(OC)cc2)c1C#Cc1ccc(OC)cc1. The molecule has 0 bridgehead atoms. The van der Waals surface area contributed by atoms with Gasteiger partial charge in [0.05, 0.1) is 14.2 Å². The second kappa shape index (κ2) is 11.3. The van der Waals surface area contributed by atoms with Crippen molar-refractivity contribution in [1.29, 1.82) is 0 Å². The average Bonchev–Trinajstić information content (AvgIpc) is 2.91. The molecule has 2 heteroatoms. The molecule has 0 aromatic heterocycles. The number of benzene rings is 4. The zero-order valence-electron chi connectivity index (χ0n) is 20.1. The molecule has 0 saturated carbocycles. The van der Waals surface area contributed by atoms with Gasteiger partial charge in [-0.15, -0.1) is 0 Å². The fraction of sp³-hybridized carbons (Fsp3) is 0.188. The largest absolute Gasteiger partial charge is 0.497 e. The van der Waals surface area contributed by atoms with Gasteiger partial charge in [0.15, 0.2) is 0 Å². The molecule has 170 valence electrons. The van der Waals surface area contributed by atoms with Gasteiger partial charge in [-0.25, -0.2) is 0 Å². The van der Waals surface area contributed by atoms with E-state index in [1.54, 1.807) is 14.2 Å². The smallest absolute Gasteiger partial charge is 0.118 e. The minimum absolute atomic E-state index is 0.834. The predicted octanol–water partition coefficient (Wildman–Crippen LogP) is 7.78. The summed E-state index contributed by atoms with van der Waals surface area (Å²) in [6, 6.07) is 31.3. The Morgan fingerprint density at radius 1 is 0.647 bits per heavy atom. The second-order valence-electron chi connectivity index (χ2n) is 8.23. The average molecular weight is 447 g/mol.